The molecule has 4 rings (SSSR count). The second-order valence-corrected chi connectivity index (χ2v) is 8.63. The maximum atomic E-state index is 14.6. The number of nitrogens with zero attached hydrogens (tertiary/aromatic N) is 1. The van der Waals surface area contributed by atoms with Gasteiger partial charge in [-0.2, -0.15) is 13.2 Å². The van der Waals surface area contributed by atoms with E-state index in [1.165, 1.54) is 24.1 Å². The highest BCUT2D eigenvalue weighted by atomic mass is 19.4. The molecular weight excluding hydrogens is 475 g/mol. The van der Waals surface area contributed by atoms with Crippen molar-refractivity contribution < 1.29 is 35.5 Å². The predicted molar refractivity (Wildman–Crippen MR) is 116 cm³/mol. The molecule has 0 saturated carbocycles. The first kappa shape index (κ1) is 25.0. The number of hydrogen-bond acceptors (Lipinski definition) is 2. The number of halogens is 7. The minimum Gasteiger partial charge on any atom is -0.494 e. The SMILES string of the molecule is COc1cc([C@](Cc2ccccc2)(c2cc(F)cc(C(F)(F)F)c2)N2CCC(F)(F)C2)ccc1F. The van der Waals surface area contributed by atoms with Gasteiger partial charge in [0.15, 0.2) is 11.6 Å². The third kappa shape index (κ3) is 5.00. The van der Waals surface area contributed by atoms with E-state index in [2.05, 4.69) is 0 Å². The van der Waals surface area contributed by atoms with E-state index in [1.54, 1.807) is 30.3 Å². The van der Waals surface area contributed by atoms with E-state index in [9.17, 15) is 30.7 Å². The largest absolute Gasteiger partial charge is 0.494 e. The molecule has 0 amide bonds. The standard InChI is InChI=1S/C26H22F7NO/c1-35-23-14-18(7-8-22(23)28)25(15-17-5-3-2-4-6-17,34-10-9-24(29,30)16-34)19-11-20(26(31,32)33)13-21(27)12-19/h2-8,11-14H,9-10,15-16H2,1H3/t25-/m1/s1. The van der Waals surface area contributed by atoms with E-state index in [0.717, 1.165) is 18.2 Å². The van der Waals surface area contributed by atoms with Gasteiger partial charge in [0.25, 0.3) is 5.92 Å². The zero-order valence-electron chi connectivity index (χ0n) is 18.7. The second-order valence-electron chi connectivity index (χ2n) is 8.63. The van der Waals surface area contributed by atoms with E-state index in [-0.39, 0.29) is 29.8 Å². The van der Waals surface area contributed by atoms with Crippen LogP contribution in [0, 0.1) is 11.6 Å². The molecule has 186 valence electrons. The minimum absolute atomic E-state index is 0.0700. The van der Waals surface area contributed by atoms with Crippen LogP contribution >= 0.6 is 0 Å². The normalized spacial score (nSPS) is 17.8. The summed E-state index contributed by atoms with van der Waals surface area (Å²) in [7, 11) is 1.22. The molecule has 1 aliphatic heterocycles. The quantitative estimate of drug-likeness (QED) is 0.347. The fraction of sp³-hybridized carbons (Fsp3) is 0.308. The average molecular weight is 497 g/mol. The number of methoxy groups -OCH3 is 1. The minimum atomic E-state index is -4.87. The van der Waals surface area contributed by atoms with Crippen LogP contribution in [0.25, 0.3) is 0 Å². The van der Waals surface area contributed by atoms with Gasteiger partial charge in [-0.05, 0) is 53.4 Å². The Balaban J connectivity index is 2.05. The van der Waals surface area contributed by atoms with Crippen molar-refractivity contribution in [3.63, 3.8) is 0 Å². The van der Waals surface area contributed by atoms with Crippen LogP contribution in [0.2, 0.25) is 0 Å². The Morgan fingerprint density at radius 2 is 1.57 bits per heavy atom. The summed E-state index contributed by atoms with van der Waals surface area (Å²) in [5, 5.41) is 0. The fourth-order valence-electron chi connectivity index (χ4n) is 4.71. The Hall–Kier alpha value is -3.07. The summed E-state index contributed by atoms with van der Waals surface area (Å²) in [4.78, 5) is 1.35. The zero-order chi connectivity index (χ0) is 25.4. The van der Waals surface area contributed by atoms with Gasteiger partial charge in [0, 0.05) is 13.0 Å². The molecule has 1 atom stereocenters. The first-order chi connectivity index (χ1) is 16.4. The maximum absolute atomic E-state index is 14.6. The Labute approximate surface area is 197 Å². The molecule has 3 aromatic rings. The van der Waals surface area contributed by atoms with Gasteiger partial charge in [0.2, 0.25) is 0 Å². The van der Waals surface area contributed by atoms with E-state index in [1.807, 2.05) is 0 Å². The van der Waals surface area contributed by atoms with Crippen LogP contribution in [-0.4, -0.2) is 31.0 Å². The topological polar surface area (TPSA) is 12.5 Å². The van der Waals surface area contributed by atoms with Gasteiger partial charge in [-0.25, -0.2) is 17.6 Å². The summed E-state index contributed by atoms with van der Waals surface area (Å²) in [6, 6.07) is 14.3. The lowest BCUT2D eigenvalue weighted by atomic mass is 9.76. The summed E-state index contributed by atoms with van der Waals surface area (Å²) in [6.07, 6.45) is -5.46. The molecule has 2 nitrogen and oxygen atoms in total. The highest BCUT2D eigenvalue weighted by Gasteiger charge is 2.50. The van der Waals surface area contributed by atoms with Crippen LogP contribution in [0.3, 0.4) is 0 Å². The van der Waals surface area contributed by atoms with Crippen molar-refractivity contribution >= 4 is 0 Å². The van der Waals surface area contributed by atoms with E-state index in [0.29, 0.717) is 11.6 Å². The van der Waals surface area contributed by atoms with E-state index < -0.39 is 47.8 Å². The molecular formula is C26H22F7NO. The maximum Gasteiger partial charge on any atom is 0.416 e. The summed E-state index contributed by atoms with van der Waals surface area (Å²) in [5.74, 6) is -5.20. The molecule has 3 aromatic carbocycles. The molecule has 1 fully saturated rings. The van der Waals surface area contributed by atoms with Gasteiger partial charge >= 0.3 is 6.18 Å². The number of alkyl halides is 5. The van der Waals surface area contributed by atoms with Gasteiger partial charge in [-0.15, -0.1) is 0 Å². The molecule has 1 saturated heterocycles. The molecule has 1 aliphatic rings. The van der Waals surface area contributed by atoms with Crippen molar-refractivity contribution in [1.29, 1.82) is 0 Å². The number of benzene rings is 3. The van der Waals surface area contributed by atoms with E-state index in [4.69, 9.17) is 4.74 Å². The van der Waals surface area contributed by atoms with Crippen molar-refractivity contribution in [2.45, 2.75) is 30.5 Å². The molecule has 0 unspecified atom stereocenters. The van der Waals surface area contributed by atoms with E-state index >= 15 is 0 Å². The van der Waals surface area contributed by atoms with Crippen LogP contribution in [0.15, 0.2) is 66.7 Å². The van der Waals surface area contributed by atoms with Gasteiger partial charge in [-0.1, -0.05) is 36.4 Å². The average Bonchev–Trinajstić information content (AvgIpc) is 3.17. The Bertz CT molecular complexity index is 1200. The molecule has 0 aliphatic carbocycles. The Morgan fingerprint density at radius 1 is 0.886 bits per heavy atom. The first-order valence-electron chi connectivity index (χ1n) is 10.8. The highest BCUT2D eigenvalue weighted by Crippen LogP contribution is 2.46. The molecule has 0 N–H and O–H groups in total. The van der Waals surface area contributed by atoms with Crippen molar-refractivity contribution in [3.8, 4) is 5.75 Å². The smallest absolute Gasteiger partial charge is 0.416 e. The number of ether oxygens (including phenoxy) is 1. The molecule has 9 heteroatoms. The molecule has 0 bridgehead atoms. The molecule has 35 heavy (non-hydrogen) atoms. The van der Waals surface area contributed by atoms with Gasteiger partial charge in [0.1, 0.15) is 5.82 Å². The Morgan fingerprint density at radius 3 is 2.17 bits per heavy atom. The van der Waals surface area contributed by atoms with Crippen molar-refractivity contribution in [2.75, 3.05) is 20.2 Å². The first-order valence-corrected chi connectivity index (χ1v) is 10.8. The molecule has 0 radical (unpaired) electrons. The zero-order valence-corrected chi connectivity index (χ0v) is 18.7. The molecule has 0 aromatic heterocycles. The van der Waals surface area contributed by atoms with Crippen LogP contribution in [0.1, 0.15) is 28.7 Å². The predicted octanol–water partition coefficient (Wildman–Crippen LogP) is 6.82. The van der Waals surface area contributed by atoms with Gasteiger partial charge in [-0.3, -0.25) is 4.90 Å². The van der Waals surface area contributed by atoms with Crippen molar-refractivity contribution in [1.82, 2.24) is 4.90 Å². The van der Waals surface area contributed by atoms with Crippen LogP contribution < -0.4 is 4.74 Å². The fourth-order valence-corrected chi connectivity index (χ4v) is 4.71. The highest BCUT2D eigenvalue weighted by molar-refractivity contribution is 5.46. The Kier molecular flexibility index (Phi) is 6.57. The summed E-state index contributed by atoms with van der Waals surface area (Å²) in [5.41, 5.74) is -2.27. The van der Waals surface area contributed by atoms with Gasteiger partial charge < -0.3 is 4.74 Å². The molecule has 1 heterocycles. The molecule has 0 spiro atoms. The second kappa shape index (κ2) is 9.18. The van der Waals surface area contributed by atoms with Crippen molar-refractivity contribution in [3.05, 3.63) is 101 Å². The van der Waals surface area contributed by atoms with Crippen molar-refractivity contribution in [2.24, 2.45) is 0 Å². The summed E-state index contributed by atoms with van der Waals surface area (Å²) in [6.45, 7) is -0.936. The van der Waals surface area contributed by atoms with Crippen LogP contribution in [-0.2, 0) is 18.1 Å². The lowest BCUT2D eigenvalue weighted by molar-refractivity contribution is -0.137. The van der Waals surface area contributed by atoms with Gasteiger partial charge in [0.05, 0.1) is 24.8 Å². The monoisotopic (exact) mass is 497 g/mol. The number of rotatable bonds is 6. The summed E-state index contributed by atoms with van der Waals surface area (Å²) >= 11 is 0. The number of likely N-dealkylation sites (tertiary alicyclic amines) is 1. The third-order valence-corrected chi connectivity index (χ3v) is 6.34. The number of hydrogen-bond donors (Lipinski definition) is 0. The summed E-state index contributed by atoms with van der Waals surface area (Å²) < 4.78 is 104. The lowest BCUT2D eigenvalue weighted by Gasteiger charge is -2.44. The van der Waals surface area contributed by atoms with Crippen LogP contribution in [0.4, 0.5) is 30.7 Å². The lowest BCUT2D eigenvalue weighted by Crippen LogP contribution is -2.49. The van der Waals surface area contributed by atoms with Crippen LogP contribution in [0.5, 0.6) is 5.75 Å². The third-order valence-electron chi connectivity index (χ3n) is 6.34.